The second kappa shape index (κ2) is 6.21. The van der Waals surface area contributed by atoms with E-state index < -0.39 is 0 Å². The maximum absolute atomic E-state index is 4.72. The molecule has 3 aromatic heterocycles. The number of piperidine rings is 1. The molecule has 5 rings (SSSR count). The van der Waals surface area contributed by atoms with Crippen LogP contribution in [-0.4, -0.2) is 48.4 Å². The topological polar surface area (TPSA) is 99.3 Å². The van der Waals surface area contributed by atoms with Crippen LogP contribution in [0.1, 0.15) is 24.6 Å². The Hall–Kier alpha value is -3.29. The first-order chi connectivity index (χ1) is 12.9. The minimum absolute atomic E-state index is 0.387. The van der Waals surface area contributed by atoms with E-state index in [1.807, 2.05) is 30.3 Å². The summed E-state index contributed by atoms with van der Waals surface area (Å²) in [5, 5.41) is 15.5. The number of benzene rings is 1. The van der Waals surface area contributed by atoms with E-state index in [4.69, 9.17) is 4.98 Å². The van der Waals surface area contributed by atoms with Crippen molar-refractivity contribution in [3.63, 3.8) is 0 Å². The van der Waals surface area contributed by atoms with E-state index in [0.717, 1.165) is 60.0 Å². The first-order valence-electron chi connectivity index (χ1n) is 8.75. The fourth-order valence-corrected chi connectivity index (χ4v) is 3.54. The van der Waals surface area contributed by atoms with Crippen molar-refractivity contribution in [1.82, 2.24) is 35.3 Å². The SMILES string of the molecule is c1ccc(-c2n[nH]c(C3CCN(c4ncnc5[nH]ncc45)CC3)n2)cc1. The van der Waals surface area contributed by atoms with Gasteiger partial charge in [0.15, 0.2) is 11.5 Å². The summed E-state index contributed by atoms with van der Waals surface area (Å²) in [4.78, 5) is 15.7. The second-order valence-corrected chi connectivity index (χ2v) is 6.50. The molecule has 0 radical (unpaired) electrons. The Morgan fingerprint density at radius 3 is 2.69 bits per heavy atom. The van der Waals surface area contributed by atoms with E-state index in [0.29, 0.717) is 5.92 Å². The molecule has 4 heterocycles. The monoisotopic (exact) mass is 346 g/mol. The van der Waals surface area contributed by atoms with E-state index in [1.165, 1.54) is 0 Å². The Balaban J connectivity index is 1.32. The van der Waals surface area contributed by atoms with Crippen LogP contribution in [0.25, 0.3) is 22.4 Å². The third kappa shape index (κ3) is 2.59. The van der Waals surface area contributed by atoms with E-state index >= 15 is 0 Å². The molecular formula is C18H18N8. The molecule has 8 heteroatoms. The lowest BCUT2D eigenvalue weighted by Gasteiger charge is -2.31. The van der Waals surface area contributed by atoms with E-state index in [9.17, 15) is 0 Å². The molecule has 0 saturated carbocycles. The lowest BCUT2D eigenvalue weighted by molar-refractivity contribution is 0.485. The maximum Gasteiger partial charge on any atom is 0.181 e. The van der Waals surface area contributed by atoms with Gasteiger partial charge in [-0.15, -0.1) is 0 Å². The smallest absolute Gasteiger partial charge is 0.181 e. The Labute approximate surface area is 149 Å². The fourth-order valence-electron chi connectivity index (χ4n) is 3.54. The standard InChI is InChI=1S/C18H18N8/c1-2-4-12(5-3-1)15-22-16(25-24-15)13-6-8-26(9-7-13)18-14-10-21-23-17(14)19-11-20-18/h1-5,10-11,13H,6-9H2,(H,22,24,25)(H,19,20,21,23). The summed E-state index contributed by atoms with van der Waals surface area (Å²) in [5.41, 5.74) is 1.82. The van der Waals surface area contributed by atoms with Crippen molar-refractivity contribution in [3.05, 3.63) is 48.7 Å². The van der Waals surface area contributed by atoms with Crippen LogP contribution in [0.2, 0.25) is 0 Å². The number of rotatable bonds is 3. The second-order valence-electron chi connectivity index (χ2n) is 6.50. The van der Waals surface area contributed by atoms with Gasteiger partial charge in [-0.25, -0.2) is 15.0 Å². The molecule has 1 fully saturated rings. The van der Waals surface area contributed by atoms with Gasteiger partial charge < -0.3 is 4.90 Å². The number of nitrogens with zero attached hydrogens (tertiary/aromatic N) is 6. The van der Waals surface area contributed by atoms with Gasteiger partial charge in [0.2, 0.25) is 0 Å². The van der Waals surface area contributed by atoms with Crippen LogP contribution in [0, 0.1) is 0 Å². The summed E-state index contributed by atoms with van der Waals surface area (Å²) in [6.07, 6.45) is 5.39. The third-order valence-corrected chi connectivity index (χ3v) is 4.94. The van der Waals surface area contributed by atoms with Gasteiger partial charge in [0.25, 0.3) is 0 Å². The lowest BCUT2D eigenvalue weighted by atomic mass is 9.96. The number of aromatic amines is 2. The van der Waals surface area contributed by atoms with Gasteiger partial charge in [0.05, 0.1) is 11.6 Å². The average Bonchev–Trinajstić information content (AvgIpc) is 3.38. The molecule has 2 N–H and O–H groups in total. The molecule has 0 atom stereocenters. The molecule has 1 saturated heterocycles. The van der Waals surface area contributed by atoms with Crippen LogP contribution in [0.15, 0.2) is 42.9 Å². The number of H-pyrrole nitrogens is 2. The van der Waals surface area contributed by atoms with Crippen molar-refractivity contribution >= 4 is 16.9 Å². The first-order valence-corrected chi connectivity index (χ1v) is 8.75. The fraction of sp³-hybridized carbons (Fsp3) is 0.278. The van der Waals surface area contributed by atoms with Crippen molar-refractivity contribution in [3.8, 4) is 11.4 Å². The van der Waals surface area contributed by atoms with E-state index in [2.05, 4.69) is 35.3 Å². The van der Waals surface area contributed by atoms with Crippen molar-refractivity contribution in [2.24, 2.45) is 0 Å². The van der Waals surface area contributed by atoms with Gasteiger partial charge in [-0.1, -0.05) is 30.3 Å². The minimum Gasteiger partial charge on any atom is -0.356 e. The zero-order chi connectivity index (χ0) is 17.3. The molecular weight excluding hydrogens is 328 g/mol. The van der Waals surface area contributed by atoms with E-state index in [1.54, 1.807) is 12.5 Å². The summed E-state index contributed by atoms with van der Waals surface area (Å²) in [5.74, 6) is 3.07. The number of hydrogen-bond acceptors (Lipinski definition) is 6. The van der Waals surface area contributed by atoms with E-state index in [-0.39, 0.29) is 0 Å². The zero-order valence-electron chi connectivity index (χ0n) is 14.1. The quantitative estimate of drug-likeness (QED) is 0.591. The summed E-state index contributed by atoms with van der Waals surface area (Å²) < 4.78 is 0. The highest BCUT2D eigenvalue weighted by Gasteiger charge is 2.25. The molecule has 26 heavy (non-hydrogen) atoms. The minimum atomic E-state index is 0.387. The Morgan fingerprint density at radius 2 is 1.85 bits per heavy atom. The van der Waals surface area contributed by atoms with Gasteiger partial charge in [0, 0.05) is 24.6 Å². The molecule has 130 valence electrons. The van der Waals surface area contributed by atoms with Crippen molar-refractivity contribution in [2.45, 2.75) is 18.8 Å². The highest BCUT2D eigenvalue weighted by Crippen LogP contribution is 2.31. The van der Waals surface area contributed by atoms with Crippen LogP contribution < -0.4 is 4.90 Å². The molecule has 1 aliphatic rings. The van der Waals surface area contributed by atoms with Crippen LogP contribution in [0.3, 0.4) is 0 Å². The highest BCUT2D eigenvalue weighted by atomic mass is 15.2. The highest BCUT2D eigenvalue weighted by molar-refractivity contribution is 5.86. The van der Waals surface area contributed by atoms with Crippen molar-refractivity contribution in [1.29, 1.82) is 0 Å². The number of fused-ring (bicyclic) bond motifs is 1. The first kappa shape index (κ1) is 15.0. The van der Waals surface area contributed by atoms with Crippen LogP contribution in [0.4, 0.5) is 5.82 Å². The number of nitrogens with one attached hydrogen (secondary N) is 2. The number of anilines is 1. The molecule has 0 amide bonds. The Bertz CT molecular complexity index is 1010. The predicted octanol–water partition coefficient (Wildman–Crippen LogP) is 2.52. The van der Waals surface area contributed by atoms with Gasteiger partial charge in [-0.2, -0.15) is 10.2 Å². The van der Waals surface area contributed by atoms with Crippen LogP contribution >= 0.6 is 0 Å². The summed E-state index contributed by atoms with van der Waals surface area (Å²) >= 11 is 0. The summed E-state index contributed by atoms with van der Waals surface area (Å²) in [7, 11) is 0. The molecule has 8 nitrogen and oxygen atoms in total. The molecule has 4 aromatic rings. The molecule has 1 aliphatic heterocycles. The molecule has 0 bridgehead atoms. The molecule has 0 spiro atoms. The molecule has 1 aromatic carbocycles. The normalized spacial score (nSPS) is 15.6. The maximum atomic E-state index is 4.72. The number of aromatic nitrogens is 7. The average molecular weight is 346 g/mol. The van der Waals surface area contributed by atoms with Gasteiger partial charge in [-0.3, -0.25) is 10.2 Å². The largest absolute Gasteiger partial charge is 0.356 e. The zero-order valence-corrected chi connectivity index (χ0v) is 14.1. The Kier molecular flexibility index (Phi) is 3.59. The molecule has 0 unspecified atom stereocenters. The van der Waals surface area contributed by atoms with Crippen LogP contribution in [0.5, 0.6) is 0 Å². The van der Waals surface area contributed by atoms with Crippen molar-refractivity contribution in [2.75, 3.05) is 18.0 Å². The number of hydrogen-bond donors (Lipinski definition) is 2. The Morgan fingerprint density at radius 1 is 1.00 bits per heavy atom. The summed E-state index contributed by atoms with van der Waals surface area (Å²) in [6, 6.07) is 10.1. The van der Waals surface area contributed by atoms with Crippen LogP contribution in [-0.2, 0) is 0 Å². The third-order valence-electron chi connectivity index (χ3n) is 4.94. The predicted molar refractivity (Wildman–Crippen MR) is 97.7 cm³/mol. The van der Waals surface area contributed by atoms with Gasteiger partial charge >= 0.3 is 0 Å². The van der Waals surface area contributed by atoms with Gasteiger partial charge in [-0.05, 0) is 12.8 Å². The lowest BCUT2D eigenvalue weighted by Crippen LogP contribution is -2.33. The summed E-state index contributed by atoms with van der Waals surface area (Å²) in [6.45, 7) is 1.84. The van der Waals surface area contributed by atoms with Crippen molar-refractivity contribution < 1.29 is 0 Å². The molecule has 0 aliphatic carbocycles. The van der Waals surface area contributed by atoms with Gasteiger partial charge in [0.1, 0.15) is 18.0 Å².